The van der Waals surface area contributed by atoms with Crippen molar-refractivity contribution >= 4 is 11.4 Å². The molecule has 0 heterocycles. The quantitative estimate of drug-likeness (QED) is 0.813. The summed E-state index contributed by atoms with van der Waals surface area (Å²) in [7, 11) is 0. The zero-order valence-corrected chi connectivity index (χ0v) is 10.5. The predicted octanol–water partition coefficient (Wildman–Crippen LogP) is 3.57. The van der Waals surface area contributed by atoms with Gasteiger partial charge in [-0.2, -0.15) is 0 Å². The van der Waals surface area contributed by atoms with Gasteiger partial charge in [0.05, 0.1) is 0 Å². The minimum atomic E-state index is -0.241. The molecule has 2 N–H and O–H groups in total. The molecule has 1 saturated carbocycles. The summed E-state index contributed by atoms with van der Waals surface area (Å²) >= 11 is 0. The van der Waals surface area contributed by atoms with Crippen LogP contribution in [0.5, 0.6) is 0 Å². The Morgan fingerprint density at radius 3 is 2.53 bits per heavy atom. The smallest absolute Gasteiger partial charge is 0.127 e. The molecule has 0 aromatic heterocycles. The van der Waals surface area contributed by atoms with Gasteiger partial charge in [0.2, 0.25) is 0 Å². The molecule has 1 aliphatic rings. The van der Waals surface area contributed by atoms with Gasteiger partial charge in [-0.1, -0.05) is 19.3 Å². The van der Waals surface area contributed by atoms with Gasteiger partial charge in [0.15, 0.2) is 0 Å². The number of hydrogen-bond donors (Lipinski definition) is 1. The van der Waals surface area contributed by atoms with Crippen LogP contribution in [0.2, 0.25) is 0 Å². The SMILES string of the molecule is CCN(c1cc(N)cc(F)c1)C1CCCCC1. The van der Waals surface area contributed by atoms with E-state index in [1.54, 1.807) is 6.07 Å². The van der Waals surface area contributed by atoms with Gasteiger partial charge in [-0.3, -0.25) is 0 Å². The molecule has 0 unspecified atom stereocenters. The van der Waals surface area contributed by atoms with Crippen LogP contribution < -0.4 is 10.6 Å². The van der Waals surface area contributed by atoms with Crippen LogP contribution >= 0.6 is 0 Å². The van der Waals surface area contributed by atoms with Gasteiger partial charge in [0, 0.05) is 24.0 Å². The average molecular weight is 236 g/mol. The fraction of sp³-hybridized carbons (Fsp3) is 0.571. The first-order chi connectivity index (χ1) is 8.20. The number of benzene rings is 1. The number of halogens is 1. The molecule has 3 heteroatoms. The van der Waals surface area contributed by atoms with Crippen molar-refractivity contribution in [3.63, 3.8) is 0 Å². The van der Waals surface area contributed by atoms with Crippen LogP contribution in [-0.2, 0) is 0 Å². The van der Waals surface area contributed by atoms with E-state index in [1.165, 1.54) is 38.2 Å². The lowest BCUT2D eigenvalue weighted by Gasteiger charge is -2.35. The van der Waals surface area contributed by atoms with Gasteiger partial charge < -0.3 is 10.6 Å². The third kappa shape index (κ3) is 2.90. The van der Waals surface area contributed by atoms with Crippen LogP contribution in [0, 0.1) is 5.82 Å². The van der Waals surface area contributed by atoms with Gasteiger partial charge >= 0.3 is 0 Å². The zero-order valence-electron chi connectivity index (χ0n) is 10.5. The molecule has 0 radical (unpaired) electrons. The Bertz CT molecular complexity index is 352. The van der Waals surface area contributed by atoms with E-state index < -0.39 is 0 Å². The lowest BCUT2D eigenvalue weighted by atomic mass is 9.94. The minimum Gasteiger partial charge on any atom is -0.399 e. The second-order valence-corrected chi connectivity index (χ2v) is 4.82. The number of nitrogens with two attached hydrogens (primary N) is 1. The summed E-state index contributed by atoms with van der Waals surface area (Å²) in [4.78, 5) is 2.29. The maximum Gasteiger partial charge on any atom is 0.127 e. The predicted molar refractivity (Wildman–Crippen MR) is 70.7 cm³/mol. The van der Waals surface area contributed by atoms with Crippen molar-refractivity contribution in [3.8, 4) is 0 Å². The highest BCUT2D eigenvalue weighted by Crippen LogP contribution is 2.28. The van der Waals surface area contributed by atoms with E-state index in [1.807, 2.05) is 6.07 Å². The molecular weight excluding hydrogens is 215 g/mol. The van der Waals surface area contributed by atoms with Crippen LogP contribution in [0.25, 0.3) is 0 Å². The van der Waals surface area contributed by atoms with Crippen molar-refractivity contribution in [2.45, 2.75) is 45.1 Å². The van der Waals surface area contributed by atoms with Crippen LogP contribution in [0.4, 0.5) is 15.8 Å². The van der Waals surface area contributed by atoms with Crippen molar-refractivity contribution in [2.24, 2.45) is 0 Å². The van der Waals surface area contributed by atoms with E-state index in [9.17, 15) is 4.39 Å². The number of nitrogens with zero attached hydrogens (tertiary/aromatic N) is 1. The molecule has 0 aliphatic heterocycles. The first kappa shape index (κ1) is 12.2. The van der Waals surface area contributed by atoms with Crippen molar-refractivity contribution in [2.75, 3.05) is 17.2 Å². The molecule has 17 heavy (non-hydrogen) atoms. The van der Waals surface area contributed by atoms with Crippen molar-refractivity contribution < 1.29 is 4.39 Å². The molecule has 0 atom stereocenters. The Hall–Kier alpha value is -1.25. The summed E-state index contributed by atoms with van der Waals surface area (Å²) in [5.41, 5.74) is 7.15. The van der Waals surface area contributed by atoms with E-state index in [4.69, 9.17) is 5.73 Å². The third-order valence-corrected chi connectivity index (χ3v) is 3.59. The van der Waals surface area contributed by atoms with E-state index in [0.717, 1.165) is 12.2 Å². The van der Waals surface area contributed by atoms with Gasteiger partial charge in [0.1, 0.15) is 5.82 Å². The topological polar surface area (TPSA) is 29.3 Å². The summed E-state index contributed by atoms with van der Waals surface area (Å²) in [6, 6.07) is 5.39. The first-order valence-electron chi connectivity index (χ1n) is 6.53. The Kier molecular flexibility index (Phi) is 3.87. The van der Waals surface area contributed by atoms with Gasteiger partial charge in [-0.05, 0) is 38.0 Å². The fourth-order valence-corrected chi connectivity index (χ4v) is 2.81. The Morgan fingerprint density at radius 2 is 1.94 bits per heavy atom. The second kappa shape index (κ2) is 5.39. The summed E-state index contributed by atoms with van der Waals surface area (Å²) in [6.07, 6.45) is 6.33. The minimum absolute atomic E-state index is 0.241. The Balaban J connectivity index is 2.21. The maximum absolute atomic E-state index is 13.4. The van der Waals surface area contributed by atoms with Crippen LogP contribution in [-0.4, -0.2) is 12.6 Å². The van der Waals surface area contributed by atoms with Crippen molar-refractivity contribution in [3.05, 3.63) is 24.0 Å². The number of rotatable bonds is 3. The van der Waals surface area contributed by atoms with Crippen molar-refractivity contribution in [1.29, 1.82) is 0 Å². The lowest BCUT2D eigenvalue weighted by Crippen LogP contribution is -2.36. The Morgan fingerprint density at radius 1 is 1.24 bits per heavy atom. The van der Waals surface area contributed by atoms with E-state index in [2.05, 4.69) is 11.8 Å². The summed E-state index contributed by atoms with van der Waals surface area (Å²) in [5.74, 6) is -0.241. The van der Waals surface area contributed by atoms with E-state index in [-0.39, 0.29) is 5.82 Å². The van der Waals surface area contributed by atoms with Gasteiger partial charge in [-0.25, -0.2) is 4.39 Å². The molecule has 1 aromatic rings. The monoisotopic (exact) mass is 236 g/mol. The Labute approximate surface area is 103 Å². The number of hydrogen-bond acceptors (Lipinski definition) is 2. The molecule has 2 nitrogen and oxygen atoms in total. The maximum atomic E-state index is 13.4. The molecule has 94 valence electrons. The molecule has 0 saturated heterocycles. The largest absolute Gasteiger partial charge is 0.399 e. The summed E-state index contributed by atoms with van der Waals surface area (Å²) in [6.45, 7) is 3.03. The first-order valence-corrected chi connectivity index (χ1v) is 6.53. The van der Waals surface area contributed by atoms with Gasteiger partial charge in [-0.15, -0.1) is 0 Å². The highest BCUT2D eigenvalue weighted by Gasteiger charge is 2.20. The standard InChI is InChI=1S/C14H21FN2/c1-2-17(13-6-4-3-5-7-13)14-9-11(15)8-12(16)10-14/h8-10,13H,2-7,16H2,1H3. The fourth-order valence-electron chi connectivity index (χ4n) is 2.81. The molecule has 1 fully saturated rings. The zero-order chi connectivity index (χ0) is 12.3. The van der Waals surface area contributed by atoms with Crippen LogP contribution in [0.1, 0.15) is 39.0 Å². The second-order valence-electron chi connectivity index (χ2n) is 4.82. The van der Waals surface area contributed by atoms with Crippen LogP contribution in [0.3, 0.4) is 0 Å². The molecule has 1 aliphatic carbocycles. The molecule has 1 aromatic carbocycles. The van der Waals surface area contributed by atoms with E-state index in [0.29, 0.717) is 11.7 Å². The van der Waals surface area contributed by atoms with E-state index >= 15 is 0 Å². The normalized spacial score (nSPS) is 17.1. The lowest BCUT2D eigenvalue weighted by molar-refractivity contribution is 0.418. The molecule has 0 bridgehead atoms. The highest BCUT2D eigenvalue weighted by molar-refractivity contribution is 5.57. The molecule has 2 rings (SSSR count). The molecule has 0 spiro atoms. The number of anilines is 2. The highest BCUT2D eigenvalue weighted by atomic mass is 19.1. The molecule has 0 amide bonds. The third-order valence-electron chi connectivity index (χ3n) is 3.59. The summed E-state index contributed by atoms with van der Waals surface area (Å²) in [5, 5.41) is 0. The summed E-state index contributed by atoms with van der Waals surface area (Å²) < 4.78 is 13.4. The molecular formula is C14H21FN2. The average Bonchev–Trinajstić information content (AvgIpc) is 2.30. The van der Waals surface area contributed by atoms with Gasteiger partial charge in [0.25, 0.3) is 0 Å². The number of nitrogen functional groups attached to an aromatic ring is 1. The van der Waals surface area contributed by atoms with Crippen molar-refractivity contribution in [1.82, 2.24) is 0 Å². The van der Waals surface area contributed by atoms with Crippen LogP contribution in [0.15, 0.2) is 18.2 Å².